The minimum absolute atomic E-state index is 0.836. The topological polar surface area (TPSA) is 38.0 Å². The van der Waals surface area contributed by atoms with Gasteiger partial charge < -0.3 is 11.1 Å². The zero-order chi connectivity index (χ0) is 10.2. The van der Waals surface area contributed by atoms with Gasteiger partial charge in [-0.3, -0.25) is 0 Å². The summed E-state index contributed by atoms with van der Waals surface area (Å²) in [6.07, 6.45) is 8.15. The number of nitrogens with two attached hydrogens (primary N) is 1. The summed E-state index contributed by atoms with van der Waals surface area (Å²) in [5.41, 5.74) is 5.44. The van der Waals surface area contributed by atoms with Crippen LogP contribution < -0.4 is 11.1 Å². The summed E-state index contributed by atoms with van der Waals surface area (Å²) < 4.78 is 0. The maximum Gasteiger partial charge on any atom is -0.00205 e. The lowest BCUT2D eigenvalue weighted by Crippen LogP contribution is -2.27. The fraction of sp³-hybridized carbons (Fsp3) is 1.00. The minimum atomic E-state index is 0.836. The lowest BCUT2D eigenvalue weighted by Gasteiger charge is -2.26. The monoisotopic (exact) mass is 198 g/mol. The second-order valence-electron chi connectivity index (χ2n) is 4.83. The van der Waals surface area contributed by atoms with Crippen LogP contribution in [0.25, 0.3) is 0 Å². The number of hydrogen-bond donors (Lipinski definition) is 2. The largest absolute Gasteiger partial charge is 0.330 e. The van der Waals surface area contributed by atoms with E-state index in [1.54, 1.807) is 0 Å². The molecule has 0 aromatic heterocycles. The summed E-state index contributed by atoms with van der Waals surface area (Å²) in [5.74, 6) is 1.92. The van der Waals surface area contributed by atoms with Crippen molar-refractivity contribution in [2.75, 3.05) is 19.6 Å². The van der Waals surface area contributed by atoms with Gasteiger partial charge in [-0.25, -0.2) is 0 Å². The maximum atomic E-state index is 5.44. The van der Waals surface area contributed by atoms with Gasteiger partial charge in [-0.1, -0.05) is 19.8 Å². The van der Waals surface area contributed by atoms with Gasteiger partial charge in [0.2, 0.25) is 0 Å². The first-order valence-corrected chi connectivity index (χ1v) is 6.23. The number of nitrogens with one attached hydrogen (secondary N) is 1. The molecule has 0 heterocycles. The van der Waals surface area contributed by atoms with Crippen molar-refractivity contribution in [3.8, 4) is 0 Å². The fourth-order valence-electron chi connectivity index (χ4n) is 2.23. The van der Waals surface area contributed by atoms with Gasteiger partial charge >= 0.3 is 0 Å². The van der Waals surface area contributed by atoms with Crippen molar-refractivity contribution in [3.05, 3.63) is 0 Å². The van der Waals surface area contributed by atoms with Crippen LogP contribution in [-0.2, 0) is 0 Å². The van der Waals surface area contributed by atoms with Crippen molar-refractivity contribution in [2.24, 2.45) is 17.6 Å². The Morgan fingerprint density at radius 3 is 2.50 bits per heavy atom. The number of unbranched alkanes of at least 4 members (excludes halogenated alkanes) is 1. The molecule has 2 nitrogen and oxygen atoms in total. The van der Waals surface area contributed by atoms with Crippen molar-refractivity contribution in [1.82, 2.24) is 5.32 Å². The molecular formula is C12H26N2. The van der Waals surface area contributed by atoms with Gasteiger partial charge in [0.05, 0.1) is 0 Å². The molecule has 0 radical (unpaired) electrons. The summed E-state index contributed by atoms with van der Waals surface area (Å²) >= 11 is 0. The molecule has 1 aliphatic carbocycles. The molecule has 2 heteroatoms. The first kappa shape index (κ1) is 12.0. The predicted octanol–water partition coefficient (Wildman–Crippen LogP) is 2.14. The van der Waals surface area contributed by atoms with Gasteiger partial charge in [-0.05, 0) is 57.2 Å². The van der Waals surface area contributed by atoms with Crippen molar-refractivity contribution in [3.63, 3.8) is 0 Å². The second kappa shape index (κ2) is 7.24. The summed E-state index contributed by atoms with van der Waals surface area (Å²) in [6.45, 7) is 5.61. The summed E-state index contributed by atoms with van der Waals surface area (Å²) in [6, 6.07) is 0. The van der Waals surface area contributed by atoms with Crippen LogP contribution in [0.3, 0.4) is 0 Å². The predicted molar refractivity (Wildman–Crippen MR) is 62.3 cm³/mol. The molecule has 0 aliphatic heterocycles. The average molecular weight is 198 g/mol. The molecule has 3 N–H and O–H groups in total. The van der Waals surface area contributed by atoms with E-state index in [1.807, 2.05) is 0 Å². The van der Waals surface area contributed by atoms with Gasteiger partial charge in [0.25, 0.3) is 0 Å². The minimum Gasteiger partial charge on any atom is -0.330 e. The van der Waals surface area contributed by atoms with Crippen LogP contribution in [0.15, 0.2) is 0 Å². The fourth-order valence-corrected chi connectivity index (χ4v) is 2.23. The molecule has 0 spiro atoms. The molecule has 1 rings (SSSR count). The standard InChI is InChI=1S/C12H26N2/c1-11-4-6-12(7-5-11)10-14-9-3-2-8-13/h11-12,14H,2-10,13H2,1H3. The molecule has 1 fully saturated rings. The highest BCUT2D eigenvalue weighted by Gasteiger charge is 2.17. The van der Waals surface area contributed by atoms with Crippen LogP contribution in [0.1, 0.15) is 45.4 Å². The van der Waals surface area contributed by atoms with Gasteiger partial charge in [0.15, 0.2) is 0 Å². The van der Waals surface area contributed by atoms with Crippen LogP contribution in [-0.4, -0.2) is 19.6 Å². The Labute approximate surface area is 88.6 Å². The quantitative estimate of drug-likeness (QED) is 0.642. The molecule has 0 saturated heterocycles. The average Bonchev–Trinajstić information content (AvgIpc) is 2.21. The highest BCUT2D eigenvalue weighted by atomic mass is 14.9. The van der Waals surface area contributed by atoms with Gasteiger partial charge in [-0.2, -0.15) is 0 Å². The Bertz CT molecular complexity index is 128. The molecule has 1 aliphatic rings. The van der Waals surface area contributed by atoms with Crippen LogP contribution >= 0.6 is 0 Å². The third-order valence-electron chi connectivity index (χ3n) is 3.38. The third kappa shape index (κ3) is 4.97. The SMILES string of the molecule is CC1CCC(CNCCCCN)CC1. The van der Waals surface area contributed by atoms with E-state index in [0.29, 0.717) is 0 Å². The van der Waals surface area contributed by atoms with Crippen molar-refractivity contribution < 1.29 is 0 Å². The third-order valence-corrected chi connectivity index (χ3v) is 3.38. The van der Waals surface area contributed by atoms with E-state index in [1.165, 1.54) is 38.6 Å². The van der Waals surface area contributed by atoms with Crippen molar-refractivity contribution in [2.45, 2.75) is 45.4 Å². The van der Waals surface area contributed by atoms with Gasteiger partial charge in [0, 0.05) is 0 Å². The van der Waals surface area contributed by atoms with Crippen molar-refractivity contribution >= 4 is 0 Å². The Kier molecular flexibility index (Phi) is 6.20. The van der Waals surface area contributed by atoms with E-state index in [0.717, 1.165) is 31.3 Å². The lowest BCUT2D eigenvalue weighted by atomic mass is 9.83. The van der Waals surface area contributed by atoms with Crippen LogP contribution in [0.2, 0.25) is 0 Å². The first-order valence-electron chi connectivity index (χ1n) is 6.23. The van der Waals surface area contributed by atoms with Crippen molar-refractivity contribution in [1.29, 1.82) is 0 Å². The van der Waals surface area contributed by atoms with Gasteiger partial charge in [-0.15, -0.1) is 0 Å². The molecule has 0 atom stereocenters. The van der Waals surface area contributed by atoms with E-state index >= 15 is 0 Å². The zero-order valence-electron chi connectivity index (χ0n) is 9.60. The van der Waals surface area contributed by atoms with Crippen LogP contribution in [0, 0.1) is 11.8 Å². The Balaban J connectivity index is 1.91. The van der Waals surface area contributed by atoms with E-state index in [4.69, 9.17) is 5.73 Å². The number of rotatable bonds is 6. The Hall–Kier alpha value is -0.0800. The first-order chi connectivity index (χ1) is 6.83. The van der Waals surface area contributed by atoms with Crippen LogP contribution in [0.5, 0.6) is 0 Å². The summed E-state index contributed by atoms with van der Waals surface area (Å²) in [4.78, 5) is 0. The normalized spacial score (nSPS) is 27.9. The molecule has 0 aromatic carbocycles. The van der Waals surface area contributed by atoms with Gasteiger partial charge in [0.1, 0.15) is 0 Å². The molecule has 0 aromatic rings. The Morgan fingerprint density at radius 2 is 1.86 bits per heavy atom. The molecule has 0 amide bonds. The molecule has 14 heavy (non-hydrogen) atoms. The smallest absolute Gasteiger partial charge is 0.00205 e. The molecule has 84 valence electrons. The second-order valence-corrected chi connectivity index (χ2v) is 4.83. The van der Waals surface area contributed by atoms with E-state index in [9.17, 15) is 0 Å². The number of hydrogen-bond acceptors (Lipinski definition) is 2. The maximum absolute atomic E-state index is 5.44. The molecule has 0 bridgehead atoms. The summed E-state index contributed by atoms with van der Waals surface area (Å²) in [7, 11) is 0. The molecule has 1 saturated carbocycles. The highest BCUT2D eigenvalue weighted by Crippen LogP contribution is 2.27. The molecule has 0 unspecified atom stereocenters. The van der Waals surface area contributed by atoms with Crippen LogP contribution in [0.4, 0.5) is 0 Å². The lowest BCUT2D eigenvalue weighted by molar-refractivity contribution is 0.281. The van der Waals surface area contributed by atoms with E-state index in [-0.39, 0.29) is 0 Å². The zero-order valence-corrected chi connectivity index (χ0v) is 9.60. The highest BCUT2D eigenvalue weighted by molar-refractivity contribution is 4.71. The van der Waals surface area contributed by atoms with E-state index in [2.05, 4.69) is 12.2 Å². The molecular weight excluding hydrogens is 172 g/mol. The van der Waals surface area contributed by atoms with E-state index < -0.39 is 0 Å². The summed E-state index contributed by atoms with van der Waals surface area (Å²) in [5, 5.41) is 3.55. The Morgan fingerprint density at radius 1 is 1.14 bits per heavy atom.